The SMILES string of the molecule is CC(C)Cc1ccc(C(=O)C2CCN(CC(=O)NC[C@@H]3CCCO3)CC2)cc1. The van der Waals surface area contributed by atoms with Gasteiger partial charge in [-0.25, -0.2) is 0 Å². The Morgan fingerprint density at radius 2 is 1.86 bits per heavy atom. The summed E-state index contributed by atoms with van der Waals surface area (Å²) in [5, 5.41) is 2.98. The number of carbonyl (C=O) groups is 2. The summed E-state index contributed by atoms with van der Waals surface area (Å²) in [4.78, 5) is 27.1. The van der Waals surface area contributed by atoms with E-state index >= 15 is 0 Å². The van der Waals surface area contributed by atoms with E-state index in [4.69, 9.17) is 4.74 Å². The highest BCUT2D eigenvalue weighted by molar-refractivity contribution is 5.98. The number of amides is 1. The molecule has 2 aliphatic rings. The molecule has 28 heavy (non-hydrogen) atoms. The molecule has 154 valence electrons. The number of ketones is 1. The average molecular weight is 387 g/mol. The van der Waals surface area contributed by atoms with Crippen LogP contribution in [0.4, 0.5) is 0 Å². The number of rotatable bonds is 8. The lowest BCUT2D eigenvalue weighted by Crippen LogP contribution is -2.44. The van der Waals surface area contributed by atoms with Crippen LogP contribution in [0.2, 0.25) is 0 Å². The number of hydrogen-bond donors (Lipinski definition) is 1. The lowest BCUT2D eigenvalue weighted by molar-refractivity contribution is -0.123. The molecule has 2 heterocycles. The van der Waals surface area contributed by atoms with Crippen LogP contribution in [0.1, 0.15) is 55.5 Å². The van der Waals surface area contributed by atoms with Gasteiger partial charge in [0.15, 0.2) is 5.78 Å². The molecule has 1 atom stereocenters. The molecule has 1 amide bonds. The highest BCUT2D eigenvalue weighted by atomic mass is 16.5. The van der Waals surface area contributed by atoms with Gasteiger partial charge in [0, 0.05) is 24.6 Å². The van der Waals surface area contributed by atoms with Gasteiger partial charge in [0.25, 0.3) is 0 Å². The van der Waals surface area contributed by atoms with Crippen molar-refractivity contribution in [2.45, 2.75) is 52.1 Å². The topological polar surface area (TPSA) is 58.6 Å². The fourth-order valence-electron chi connectivity index (χ4n) is 4.16. The Morgan fingerprint density at radius 3 is 2.46 bits per heavy atom. The normalized spacial score (nSPS) is 21.2. The highest BCUT2D eigenvalue weighted by Crippen LogP contribution is 2.22. The summed E-state index contributed by atoms with van der Waals surface area (Å²) in [6, 6.07) is 8.12. The van der Waals surface area contributed by atoms with Crippen LogP contribution in [0, 0.1) is 11.8 Å². The zero-order valence-electron chi connectivity index (χ0n) is 17.3. The van der Waals surface area contributed by atoms with E-state index in [0.29, 0.717) is 19.0 Å². The van der Waals surface area contributed by atoms with Crippen LogP contribution >= 0.6 is 0 Å². The molecule has 0 saturated carbocycles. The van der Waals surface area contributed by atoms with Crippen molar-refractivity contribution >= 4 is 11.7 Å². The molecule has 2 saturated heterocycles. The van der Waals surface area contributed by atoms with Crippen molar-refractivity contribution in [1.82, 2.24) is 10.2 Å². The van der Waals surface area contributed by atoms with Gasteiger partial charge >= 0.3 is 0 Å². The number of piperidine rings is 1. The summed E-state index contributed by atoms with van der Waals surface area (Å²) >= 11 is 0. The summed E-state index contributed by atoms with van der Waals surface area (Å²) in [7, 11) is 0. The van der Waals surface area contributed by atoms with Crippen molar-refractivity contribution < 1.29 is 14.3 Å². The van der Waals surface area contributed by atoms with Crippen LogP contribution in [0.3, 0.4) is 0 Å². The first kappa shape index (κ1) is 21.0. The Labute approximate surface area is 168 Å². The first-order valence-corrected chi connectivity index (χ1v) is 10.7. The Morgan fingerprint density at radius 1 is 1.14 bits per heavy atom. The molecule has 1 aromatic rings. The Hall–Kier alpha value is -1.72. The van der Waals surface area contributed by atoms with Crippen molar-refractivity contribution in [1.29, 1.82) is 0 Å². The molecule has 1 aromatic carbocycles. The maximum atomic E-state index is 12.8. The Bertz CT molecular complexity index is 642. The molecule has 3 rings (SSSR count). The van der Waals surface area contributed by atoms with Crippen molar-refractivity contribution in [2.24, 2.45) is 11.8 Å². The molecule has 2 fully saturated rings. The number of nitrogens with zero attached hydrogens (tertiary/aromatic N) is 1. The second-order valence-corrected chi connectivity index (χ2v) is 8.65. The second kappa shape index (κ2) is 10.2. The largest absolute Gasteiger partial charge is 0.376 e. The van der Waals surface area contributed by atoms with E-state index < -0.39 is 0 Å². The smallest absolute Gasteiger partial charge is 0.234 e. The van der Waals surface area contributed by atoms with Crippen molar-refractivity contribution in [2.75, 3.05) is 32.8 Å². The minimum Gasteiger partial charge on any atom is -0.376 e. The summed E-state index contributed by atoms with van der Waals surface area (Å²) in [6.45, 7) is 7.84. The van der Waals surface area contributed by atoms with Crippen LogP contribution in [-0.4, -0.2) is 55.5 Å². The Kier molecular flexibility index (Phi) is 7.63. The number of Topliss-reactive ketones (excluding diaryl/α,β-unsaturated/α-hetero) is 1. The predicted octanol–water partition coefficient (Wildman–Crippen LogP) is 3.08. The first-order valence-electron chi connectivity index (χ1n) is 10.7. The third kappa shape index (κ3) is 6.14. The van der Waals surface area contributed by atoms with Crippen LogP contribution in [0.25, 0.3) is 0 Å². The van der Waals surface area contributed by atoms with Crippen LogP contribution in [0.15, 0.2) is 24.3 Å². The number of ether oxygens (including phenoxy) is 1. The highest BCUT2D eigenvalue weighted by Gasteiger charge is 2.27. The number of carbonyl (C=O) groups excluding carboxylic acids is 2. The van der Waals surface area contributed by atoms with Gasteiger partial charge in [0.2, 0.25) is 5.91 Å². The van der Waals surface area contributed by atoms with Crippen LogP contribution < -0.4 is 5.32 Å². The summed E-state index contributed by atoms with van der Waals surface area (Å²) in [6.07, 6.45) is 4.99. The number of likely N-dealkylation sites (tertiary alicyclic amines) is 1. The maximum Gasteiger partial charge on any atom is 0.234 e. The molecule has 0 bridgehead atoms. The van der Waals surface area contributed by atoms with Gasteiger partial charge < -0.3 is 10.1 Å². The van der Waals surface area contributed by atoms with E-state index in [-0.39, 0.29) is 23.7 Å². The summed E-state index contributed by atoms with van der Waals surface area (Å²) in [5.41, 5.74) is 2.11. The molecule has 0 spiro atoms. The van der Waals surface area contributed by atoms with E-state index in [2.05, 4.69) is 36.2 Å². The zero-order chi connectivity index (χ0) is 19.9. The van der Waals surface area contributed by atoms with Gasteiger partial charge in [-0.2, -0.15) is 0 Å². The molecule has 5 heteroatoms. The minimum absolute atomic E-state index is 0.0565. The van der Waals surface area contributed by atoms with Gasteiger partial charge in [-0.1, -0.05) is 38.1 Å². The molecule has 2 aliphatic heterocycles. The average Bonchev–Trinajstić information content (AvgIpc) is 3.20. The molecule has 0 radical (unpaired) electrons. The lowest BCUT2D eigenvalue weighted by atomic mass is 9.88. The molecular weight excluding hydrogens is 352 g/mol. The quantitative estimate of drug-likeness (QED) is 0.698. The number of benzene rings is 1. The molecule has 5 nitrogen and oxygen atoms in total. The maximum absolute atomic E-state index is 12.8. The minimum atomic E-state index is 0.0565. The van der Waals surface area contributed by atoms with Crippen LogP contribution in [-0.2, 0) is 16.0 Å². The summed E-state index contributed by atoms with van der Waals surface area (Å²) in [5.74, 6) is 0.996. The fourth-order valence-corrected chi connectivity index (χ4v) is 4.16. The molecular formula is C23H34N2O3. The lowest BCUT2D eigenvalue weighted by Gasteiger charge is -2.30. The molecule has 0 aliphatic carbocycles. The van der Waals surface area contributed by atoms with Crippen molar-refractivity contribution in [3.63, 3.8) is 0 Å². The monoisotopic (exact) mass is 386 g/mol. The van der Waals surface area contributed by atoms with Gasteiger partial charge in [-0.3, -0.25) is 14.5 Å². The number of nitrogens with one attached hydrogen (secondary N) is 1. The zero-order valence-corrected chi connectivity index (χ0v) is 17.3. The van der Waals surface area contributed by atoms with Gasteiger partial charge in [-0.15, -0.1) is 0 Å². The molecule has 0 aromatic heterocycles. The summed E-state index contributed by atoms with van der Waals surface area (Å²) < 4.78 is 5.54. The Balaban J connectivity index is 1.40. The van der Waals surface area contributed by atoms with Crippen LogP contribution in [0.5, 0.6) is 0 Å². The van der Waals surface area contributed by atoms with Crippen molar-refractivity contribution in [3.05, 3.63) is 35.4 Å². The molecule has 0 unspecified atom stereocenters. The van der Waals surface area contributed by atoms with E-state index in [1.165, 1.54) is 5.56 Å². The van der Waals surface area contributed by atoms with E-state index in [1.54, 1.807) is 0 Å². The standard InChI is InChI=1S/C23H34N2O3/c1-17(2)14-18-5-7-19(8-6-18)23(27)20-9-11-25(12-10-20)16-22(26)24-15-21-4-3-13-28-21/h5-8,17,20-21H,3-4,9-16H2,1-2H3,(H,24,26)/t21-/m0/s1. The van der Waals surface area contributed by atoms with E-state index in [1.807, 2.05) is 12.1 Å². The third-order valence-electron chi connectivity index (χ3n) is 5.76. The van der Waals surface area contributed by atoms with Gasteiger partial charge in [0.05, 0.1) is 12.6 Å². The fraction of sp³-hybridized carbons (Fsp3) is 0.652. The number of hydrogen-bond acceptors (Lipinski definition) is 4. The molecule has 1 N–H and O–H groups in total. The van der Waals surface area contributed by atoms with Crippen molar-refractivity contribution in [3.8, 4) is 0 Å². The third-order valence-corrected chi connectivity index (χ3v) is 5.76. The predicted molar refractivity (Wildman–Crippen MR) is 110 cm³/mol. The van der Waals surface area contributed by atoms with E-state index in [0.717, 1.165) is 57.4 Å². The van der Waals surface area contributed by atoms with Gasteiger partial charge in [0.1, 0.15) is 0 Å². The van der Waals surface area contributed by atoms with Gasteiger partial charge in [-0.05, 0) is 56.7 Å². The second-order valence-electron chi connectivity index (χ2n) is 8.65. The first-order chi connectivity index (χ1) is 13.5. The van der Waals surface area contributed by atoms with E-state index in [9.17, 15) is 9.59 Å².